The standard InChI is InChI=1S/C21H27ClN2O4/c1-27-20(25)19(24-13-15-9-10-17(24)12-15)8-4-5-11-23-21(26)28-14-16-6-2-3-7-18(16)22/h2-3,6-7,9-10,15,17,19H,4-5,8,11-14H2,1H3,(H,23,26). The van der Waals surface area contributed by atoms with E-state index in [1.54, 1.807) is 6.07 Å². The maximum atomic E-state index is 12.2. The molecule has 1 aromatic rings. The lowest BCUT2D eigenvalue weighted by Crippen LogP contribution is -2.45. The minimum Gasteiger partial charge on any atom is -0.468 e. The van der Waals surface area contributed by atoms with Gasteiger partial charge in [-0.1, -0.05) is 42.0 Å². The van der Waals surface area contributed by atoms with Gasteiger partial charge in [-0.15, -0.1) is 0 Å². The predicted molar refractivity (Wildman–Crippen MR) is 107 cm³/mol. The van der Waals surface area contributed by atoms with Crippen molar-refractivity contribution in [1.82, 2.24) is 10.2 Å². The molecule has 1 N–H and O–H groups in total. The number of benzene rings is 1. The Kier molecular flexibility index (Phi) is 7.34. The van der Waals surface area contributed by atoms with Gasteiger partial charge in [-0.25, -0.2) is 4.79 Å². The number of amides is 1. The zero-order chi connectivity index (χ0) is 19.9. The van der Waals surface area contributed by atoms with Crippen molar-refractivity contribution in [1.29, 1.82) is 0 Å². The lowest BCUT2D eigenvalue weighted by Gasteiger charge is -2.31. The molecule has 3 atom stereocenters. The Morgan fingerprint density at radius 1 is 1.29 bits per heavy atom. The van der Waals surface area contributed by atoms with Crippen LogP contribution in [0.2, 0.25) is 5.02 Å². The highest BCUT2D eigenvalue weighted by molar-refractivity contribution is 6.31. The van der Waals surface area contributed by atoms with E-state index in [0.29, 0.717) is 23.5 Å². The molecule has 0 saturated carbocycles. The molecule has 28 heavy (non-hydrogen) atoms. The molecule has 1 amide bonds. The maximum Gasteiger partial charge on any atom is 0.407 e. The number of alkyl carbamates (subject to hydrolysis) is 1. The van der Waals surface area contributed by atoms with Crippen LogP contribution in [0.15, 0.2) is 36.4 Å². The molecule has 7 heteroatoms. The second-order valence-electron chi connectivity index (χ2n) is 7.27. The van der Waals surface area contributed by atoms with Crippen LogP contribution in [0.25, 0.3) is 0 Å². The van der Waals surface area contributed by atoms with Crippen LogP contribution >= 0.6 is 11.6 Å². The third kappa shape index (κ3) is 5.26. The number of hydrogen-bond donors (Lipinski definition) is 1. The SMILES string of the molecule is COC(=O)C(CCCCNC(=O)OCc1ccccc1Cl)N1CC2C=CC1C2. The van der Waals surface area contributed by atoms with Gasteiger partial charge in [0.2, 0.25) is 0 Å². The smallest absolute Gasteiger partial charge is 0.407 e. The van der Waals surface area contributed by atoms with Crippen molar-refractivity contribution in [3.63, 3.8) is 0 Å². The first-order valence-corrected chi connectivity index (χ1v) is 10.1. The van der Waals surface area contributed by atoms with E-state index >= 15 is 0 Å². The van der Waals surface area contributed by atoms with Crippen LogP contribution < -0.4 is 5.32 Å². The summed E-state index contributed by atoms with van der Waals surface area (Å²) in [6.07, 6.45) is 7.39. The zero-order valence-electron chi connectivity index (χ0n) is 16.1. The van der Waals surface area contributed by atoms with Gasteiger partial charge in [0.1, 0.15) is 12.6 Å². The summed E-state index contributed by atoms with van der Waals surface area (Å²) in [7, 11) is 1.44. The number of fused-ring (bicyclic) bond motifs is 2. The number of hydrogen-bond acceptors (Lipinski definition) is 5. The number of ether oxygens (including phenoxy) is 2. The topological polar surface area (TPSA) is 67.9 Å². The van der Waals surface area contributed by atoms with Crippen LogP contribution in [0, 0.1) is 5.92 Å². The fourth-order valence-electron chi connectivity index (χ4n) is 3.92. The lowest BCUT2D eigenvalue weighted by molar-refractivity contribution is -0.147. The summed E-state index contributed by atoms with van der Waals surface area (Å²) >= 11 is 6.04. The van der Waals surface area contributed by atoms with E-state index in [2.05, 4.69) is 22.4 Å². The van der Waals surface area contributed by atoms with E-state index in [9.17, 15) is 9.59 Å². The van der Waals surface area contributed by atoms with Crippen molar-refractivity contribution in [3.05, 3.63) is 47.0 Å². The van der Waals surface area contributed by atoms with Gasteiger partial charge in [0.25, 0.3) is 0 Å². The van der Waals surface area contributed by atoms with Gasteiger partial charge in [-0.2, -0.15) is 0 Å². The molecule has 1 aromatic carbocycles. The minimum absolute atomic E-state index is 0.140. The molecule has 2 bridgehead atoms. The molecule has 1 saturated heterocycles. The van der Waals surface area contributed by atoms with E-state index in [4.69, 9.17) is 21.1 Å². The molecular weight excluding hydrogens is 380 g/mol. The molecule has 1 aliphatic carbocycles. The number of carbonyl (C=O) groups is 2. The summed E-state index contributed by atoms with van der Waals surface area (Å²) in [6, 6.07) is 7.41. The second kappa shape index (κ2) is 9.94. The average molecular weight is 407 g/mol. The number of likely N-dealkylation sites (tertiary alicyclic amines) is 1. The predicted octanol–water partition coefficient (Wildman–Crippen LogP) is 3.54. The summed E-state index contributed by atoms with van der Waals surface area (Å²) in [5, 5.41) is 3.32. The van der Waals surface area contributed by atoms with Gasteiger partial charge in [-0.05, 0) is 37.7 Å². The summed E-state index contributed by atoms with van der Waals surface area (Å²) in [4.78, 5) is 26.3. The number of methoxy groups -OCH3 is 1. The van der Waals surface area contributed by atoms with Gasteiger partial charge in [0.15, 0.2) is 0 Å². The molecule has 0 radical (unpaired) electrons. The van der Waals surface area contributed by atoms with Gasteiger partial charge in [0.05, 0.1) is 7.11 Å². The van der Waals surface area contributed by atoms with E-state index in [0.717, 1.165) is 37.8 Å². The molecular formula is C21H27ClN2O4. The Bertz CT molecular complexity index is 724. The number of unbranched alkanes of at least 4 members (excludes halogenated alkanes) is 1. The Morgan fingerprint density at radius 3 is 2.79 bits per heavy atom. The van der Waals surface area contributed by atoms with Crippen molar-refractivity contribution in [2.45, 2.75) is 44.4 Å². The lowest BCUT2D eigenvalue weighted by atomic mass is 10.1. The molecule has 0 aromatic heterocycles. The Balaban J connectivity index is 1.35. The maximum absolute atomic E-state index is 12.2. The van der Waals surface area contributed by atoms with Crippen LogP contribution in [0.4, 0.5) is 4.79 Å². The van der Waals surface area contributed by atoms with Crippen LogP contribution in [-0.4, -0.2) is 49.2 Å². The average Bonchev–Trinajstić information content (AvgIpc) is 3.33. The number of nitrogens with one attached hydrogen (secondary N) is 1. The van der Waals surface area contributed by atoms with E-state index < -0.39 is 6.09 Å². The normalized spacial score (nSPS) is 21.5. The third-order valence-electron chi connectivity index (χ3n) is 5.38. The molecule has 152 valence electrons. The molecule has 0 spiro atoms. The van der Waals surface area contributed by atoms with Crippen molar-refractivity contribution >= 4 is 23.7 Å². The molecule has 3 rings (SSSR count). The van der Waals surface area contributed by atoms with E-state index in [1.165, 1.54) is 7.11 Å². The third-order valence-corrected chi connectivity index (χ3v) is 5.75. The number of halogens is 1. The van der Waals surface area contributed by atoms with Crippen molar-refractivity contribution in [2.75, 3.05) is 20.2 Å². The number of nitrogens with zero attached hydrogens (tertiary/aromatic N) is 1. The molecule has 6 nitrogen and oxygen atoms in total. The zero-order valence-corrected chi connectivity index (χ0v) is 16.9. The Hall–Kier alpha value is -2.05. The van der Waals surface area contributed by atoms with Crippen LogP contribution in [0.3, 0.4) is 0 Å². The molecule has 2 aliphatic rings. The Morgan fingerprint density at radius 2 is 2.11 bits per heavy atom. The first-order valence-electron chi connectivity index (χ1n) is 9.74. The molecule has 1 fully saturated rings. The van der Waals surface area contributed by atoms with Gasteiger partial charge >= 0.3 is 12.1 Å². The highest BCUT2D eigenvalue weighted by atomic mass is 35.5. The van der Waals surface area contributed by atoms with Crippen LogP contribution in [-0.2, 0) is 20.9 Å². The highest BCUT2D eigenvalue weighted by Gasteiger charge is 2.40. The van der Waals surface area contributed by atoms with E-state index in [-0.39, 0.29) is 18.6 Å². The molecule has 1 heterocycles. The fraction of sp³-hybridized carbons (Fsp3) is 0.524. The van der Waals surface area contributed by atoms with Crippen LogP contribution in [0.1, 0.15) is 31.2 Å². The summed E-state index contributed by atoms with van der Waals surface area (Å²) in [5.41, 5.74) is 0.772. The first-order chi connectivity index (χ1) is 13.6. The fourth-order valence-corrected chi connectivity index (χ4v) is 4.11. The number of esters is 1. The number of carbonyl (C=O) groups excluding carboxylic acids is 2. The molecule has 3 unspecified atom stereocenters. The summed E-state index contributed by atoms with van der Waals surface area (Å²) in [6.45, 7) is 1.57. The van der Waals surface area contributed by atoms with Gasteiger partial charge in [-0.3, -0.25) is 9.69 Å². The monoisotopic (exact) mass is 406 g/mol. The van der Waals surface area contributed by atoms with Crippen molar-refractivity contribution < 1.29 is 19.1 Å². The van der Waals surface area contributed by atoms with Crippen LogP contribution in [0.5, 0.6) is 0 Å². The minimum atomic E-state index is -0.466. The first kappa shape index (κ1) is 20.7. The molecule has 1 aliphatic heterocycles. The summed E-state index contributed by atoms with van der Waals surface area (Å²) < 4.78 is 10.2. The number of rotatable bonds is 9. The summed E-state index contributed by atoms with van der Waals surface area (Å²) in [5.74, 6) is 0.389. The quantitative estimate of drug-likeness (QED) is 0.386. The highest BCUT2D eigenvalue weighted by Crippen LogP contribution is 2.34. The second-order valence-corrected chi connectivity index (χ2v) is 7.68. The van der Waals surface area contributed by atoms with E-state index in [1.807, 2.05) is 18.2 Å². The largest absolute Gasteiger partial charge is 0.468 e. The van der Waals surface area contributed by atoms with Gasteiger partial charge in [0, 0.05) is 29.7 Å². The van der Waals surface area contributed by atoms with Crippen molar-refractivity contribution in [2.24, 2.45) is 5.92 Å². The van der Waals surface area contributed by atoms with Crippen molar-refractivity contribution in [3.8, 4) is 0 Å². The van der Waals surface area contributed by atoms with Gasteiger partial charge < -0.3 is 14.8 Å². The Labute approximate surface area is 170 Å².